The molecule has 17 heavy (non-hydrogen) atoms. The van der Waals surface area contributed by atoms with Crippen molar-refractivity contribution in [2.45, 2.75) is 0 Å². The van der Waals surface area contributed by atoms with Crippen LogP contribution in [0.15, 0.2) is 36.5 Å². The molecule has 0 N–H and O–H groups in total. The fraction of sp³-hybridized carbons (Fsp3) is 0. The van der Waals surface area contributed by atoms with Gasteiger partial charge in [0.15, 0.2) is 0 Å². The lowest BCUT2D eigenvalue weighted by Gasteiger charge is -2.03. The number of pyridine rings is 1. The van der Waals surface area contributed by atoms with Crippen LogP contribution in [0.3, 0.4) is 0 Å². The summed E-state index contributed by atoms with van der Waals surface area (Å²) in [5.74, 6) is -2.42. The van der Waals surface area contributed by atoms with Gasteiger partial charge in [0.1, 0.15) is 0 Å². The average Bonchev–Trinajstić information content (AvgIpc) is 2.30. The quantitative estimate of drug-likeness (QED) is 0.595. The fourth-order valence-electron chi connectivity index (χ4n) is 1.43. The minimum atomic E-state index is -1.21. The molecule has 0 aliphatic heterocycles. The summed E-state index contributed by atoms with van der Waals surface area (Å²) in [7, 11) is 0. The zero-order valence-corrected chi connectivity index (χ0v) is 8.43. The Labute approximate surface area is 94.7 Å². The Hall–Kier alpha value is -2.37. The van der Waals surface area contributed by atoms with Gasteiger partial charge in [0, 0.05) is 11.8 Å². The molecule has 2 aromatic rings. The van der Waals surface area contributed by atoms with Gasteiger partial charge < -0.3 is 0 Å². The van der Waals surface area contributed by atoms with Crippen molar-refractivity contribution >= 4 is 5.69 Å². The van der Waals surface area contributed by atoms with E-state index in [-0.39, 0.29) is 11.3 Å². The number of benzene rings is 1. The first-order chi connectivity index (χ1) is 8.11. The van der Waals surface area contributed by atoms with Gasteiger partial charge in [-0.3, -0.25) is 15.1 Å². The van der Waals surface area contributed by atoms with E-state index in [0.717, 1.165) is 12.1 Å². The van der Waals surface area contributed by atoms with Crippen molar-refractivity contribution in [1.29, 1.82) is 0 Å². The summed E-state index contributed by atoms with van der Waals surface area (Å²) in [6.07, 6.45) is 1.42. The molecule has 1 heterocycles. The van der Waals surface area contributed by atoms with E-state index in [1.807, 2.05) is 0 Å². The molecule has 1 aromatic carbocycles. The number of nitrogens with zero attached hydrogens (tertiary/aromatic N) is 2. The van der Waals surface area contributed by atoms with Gasteiger partial charge in [-0.05, 0) is 24.3 Å². The summed E-state index contributed by atoms with van der Waals surface area (Å²) in [4.78, 5) is 13.3. The number of halogens is 2. The molecule has 0 fully saturated rings. The van der Waals surface area contributed by atoms with Crippen molar-refractivity contribution < 1.29 is 13.7 Å². The second-order valence-electron chi connectivity index (χ2n) is 3.23. The summed E-state index contributed by atoms with van der Waals surface area (Å²) in [6.45, 7) is 0. The van der Waals surface area contributed by atoms with E-state index in [1.165, 1.54) is 12.3 Å². The Morgan fingerprint density at radius 1 is 1.18 bits per heavy atom. The Morgan fingerprint density at radius 3 is 2.53 bits per heavy atom. The zero-order valence-electron chi connectivity index (χ0n) is 8.43. The van der Waals surface area contributed by atoms with Gasteiger partial charge in [0.05, 0.1) is 10.6 Å². The predicted molar refractivity (Wildman–Crippen MR) is 56.2 cm³/mol. The Balaban J connectivity index is 2.66. The predicted octanol–water partition coefficient (Wildman–Crippen LogP) is 2.94. The summed E-state index contributed by atoms with van der Waals surface area (Å²) in [5, 5.41) is 10.5. The van der Waals surface area contributed by atoms with Crippen molar-refractivity contribution in [2.24, 2.45) is 0 Å². The number of nitro groups is 1. The van der Waals surface area contributed by atoms with E-state index in [4.69, 9.17) is 0 Å². The van der Waals surface area contributed by atoms with Crippen LogP contribution in [-0.4, -0.2) is 9.91 Å². The lowest BCUT2D eigenvalue weighted by atomic mass is 10.1. The van der Waals surface area contributed by atoms with Gasteiger partial charge in [-0.1, -0.05) is 6.07 Å². The molecule has 86 valence electrons. The van der Waals surface area contributed by atoms with Crippen molar-refractivity contribution in [3.05, 3.63) is 58.3 Å². The lowest BCUT2D eigenvalue weighted by Crippen LogP contribution is -1.99. The highest BCUT2D eigenvalue weighted by atomic mass is 19.1. The highest BCUT2D eigenvalue weighted by Gasteiger charge is 2.24. The number of rotatable bonds is 2. The highest BCUT2D eigenvalue weighted by Crippen LogP contribution is 2.29. The maximum atomic E-state index is 13.7. The van der Waals surface area contributed by atoms with Crippen LogP contribution in [0.1, 0.15) is 0 Å². The van der Waals surface area contributed by atoms with E-state index in [1.54, 1.807) is 12.1 Å². The van der Waals surface area contributed by atoms with E-state index in [9.17, 15) is 18.9 Å². The van der Waals surface area contributed by atoms with Gasteiger partial charge in [0.25, 0.3) is 0 Å². The fourth-order valence-corrected chi connectivity index (χ4v) is 1.43. The molecule has 4 nitrogen and oxygen atoms in total. The van der Waals surface area contributed by atoms with E-state index >= 15 is 0 Å². The minimum Gasteiger partial charge on any atom is -0.258 e. The largest absolute Gasteiger partial charge is 0.340 e. The second kappa shape index (κ2) is 4.25. The summed E-state index contributed by atoms with van der Waals surface area (Å²) >= 11 is 0. The topological polar surface area (TPSA) is 56.0 Å². The molecule has 1 aromatic heterocycles. The molecular weight excluding hydrogens is 230 g/mol. The van der Waals surface area contributed by atoms with Crippen molar-refractivity contribution in [3.63, 3.8) is 0 Å². The Bertz CT molecular complexity index is 573. The van der Waals surface area contributed by atoms with Crippen LogP contribution >= 0.6 is 0 Å². The molecule has 0 aliphatic carbocycles. The molecule has 0 saturated heterocycles. The van der Waals surface area contributed by atoms with E-state index in [0.29, 0.717) is 0 Å². The Kier molecular flexibility index (Phi) is 2.78. The third kappa shape index (κ3) is 1.96. The first kappa shape index (κ1) is 11.1. The molecule has 2 rings (SSSR count). The summed E-state index contributed by atoms with van der Waals surface area (Å²) in [5.41, 5.74) is -1.04. The average molecular weight is 236 g/mol. The third-order valence-corrected chi connectivity index (χ3v) is 2.19. The molecular formula is C11H6F2N2O2. The van der Waals surface area contributed by atoms with Crippen LogP contribution in [0.4, 0.5) is 14.5 Å². The zero-order chi connectivity index (χ0) is 12.4. The maximum absolute atomic E-state index is 13.7. The lowest BCUT2D eigenvalue weighted by molar-refractivity contribution is -0.390. The van der Waals surface area contributed by atoms with Crippen LogP contribution < -0.4 is 0 Å². The first-order valence-electron chi connectivity index (χ1n) is 4.65. The van der Waals surface area contributed by atoms with Gasteiger partial charge in [-0.15, -0.1) is 0 Å². The van der Waals surface area contributed by atoms with Gasteiger partial charge in [-0.25, -0.2) is 0 Å². The number of nitro benzene ring substituents is 1. The summed E-state index contributed by atoms with van der Waals surface area (Å²) < 4.78 is 26.8. The first-order valence-corrected chi connectivity index (χ1v) is 4.65. The van der Waals surface area contributed by atoms with Crippen LogP contribution in [0.2, 0.25) is 0 Å². The van der Waals surface area contributed by atoms with Crippen LogP contribution in [0.5, 0.6) is 0 Å². The smallest absolute Gasteiger partial charge is 0.258 e. The molecule has 6 heteroatoms. The molecule has 0 radical (unpaired) electrons. The van der Waals surface area contributed by atoms with Gasteiger partial charge in [-0.2, -0.15) is 8.78 Å². The van der Waals surface area contributed by atoms with E-state index in [2.05, 4.69) is 4.98 Å². The molecule has 0 amide bonds. The maximum Gasteiger partial charge on any atom is 0.340 e. The normalized spacial score (nSPS) is 10.2. The van der Waals surface area contributed by atoms with Crippen LogP contribution in [0, 0.1) is 21.7 Å². The van der Waals surface area contributed by atoms with Crippen molar-refractivity contribution in [3.8, 4) is 11.3 Å². The number of aromatic nitrogens is 1. The summed E-state index contributed by atoms with van der Waals surface area (Å²) in [6, 6.07) is 6.70. The molecule has 0 saturated carbocycles. The second-order valence-corrected chi connectivity index (χ2v) is 3.23. The molecule has 0 spiro atoms. The van der Waals surface area contributed by atoms with Crippen molar-refractivity contribution in [2.75, 3.05) is 0 Å². The SMILES string of the molecule is O=[N+]([O-])c1c(F)ccc(-c2ccccn2)c1F. The van der Waals surface area contributed by atoms with Gasteiger partial charge >= 0.3 is 5.69 Å². The van der Waals surface area contributed by atoms with Crippen LogP contribution in [-0.2, 0) is 0 Å². The molecule has 0 aliphatic rings. The molecule has 0 bridgehead atoms. The van der Waals surface area contributed by atoms with Crippen molar-refractivity contribution in [1.82, 2.24) is 4.98 Å². The highest BCUT2D eigenvalue weighted by molar-refractivity contribution is 5.63. The van der Waals surface area contributed by atoms with Crippen LogP contribution in [0.25, 0.3) is 11.3 Å². The monoisotopic (exact) mass is 236 g/mol. The number of hydrogen-bond acceptors (Lipinski definition) is 3. The standard InChI is InChI=1S/C11H6F2N2O2/c12-8-5-4-7(9-3-1-2-6-14-9)10(13)11(8)15(16)17/h1-6H. The van der Waals surface area contributed by atoms with Gasteiger partial charge in [0.2, 0.25) is 11.6 Å². The number of hydrogen-bond donors (Lipinski definition) is 0. The molecule has 0 atom stereocenters. The minimum absolute atomic E-state index is 0.0984. The molecule has 0 unspecified atom stereocenters. The third-order valence-electron chi connectivity index (χ3n) is 2.19. The Morgan fingerprint density at radius 2 is 1.94 bits per heavy atom. The van der Waals surface area contributed by atoms with E-state index < -0.39 is 22.2 Å².